The van der Waals surface area contributed by atoms with Gasteiger partial charge in [-0.3, -0.25) is 0 Å². The lowest BCUT2D eigenvalue weighted by molar-refractivity contribution is 0.103. The Morgan fingerprint density at radius 3 is 1.83 bits per heavy atom. The molecule has 0 N–H and O–H groups in total. The van der Waals surface area contributed by atoms with E-state index >= 15 is 0 Å². The molecule has 152 valence electrons. The van der Waals surface area contributed by atoms with Gasteiger partial charge in [-0.2, -0.15) is 0 Å². The van der Waals surface area contributed by atoms with Crippen LogP contribution in [0, 0.1) is 0 Å². The third kappa shape index (κ3) is 4.18. The van der Waals surface area contributed by atoms with Gasteiger partial charge in [-0.05, 0) is 26.8 Å². The van der Waals surface area contributed by atoms with E-state index in [0.29, 0.717) is 39.7 Å². The predicted octanol–water partition coefficient (Wildman–Crippen LogP) is 5.46. The van der Waals surface area contributed by atoms with Crippen LogP contribution in [0.25, 0.3) is 21.5 Å². The van der Waals surface area contributed by atoms with E-state index < -0.39 is 12.3 Å². The Balaban J connectivity index is 2.34. The number of hydrogen-bond donors (Lipinski definition) is 0. The van der Waals surface area contributed by atoms with Crippen molar-refractivity contribution in [1.29, 1.82) is 0 Å². The maximum atomic E-state index is 12.1. The van der Waals surface area contributed by atoms with Crippen LogP contribution < -0.4 is 14.2 Å². The number of fused-ring (bicyclic) bond motifs is 2. The lowest BCUT2D eigenvalue weighted by Gasteiger charge is -2.18. The first-order valence-corrected chi connectivity index (χ1v) is 9.40. The van der Waals surface area contributed by atoms with Crippen molar-refractivity contribution >= 4 is 33.9 Å². The molecule has 0 saturated carbocycles. The second-order valence-corrected chi connectivity index (χ2v) is 5.89. The van der Waals surface area contributed by atoms with Crippen molar-refractivity contribution in [1.82, 2.24) is 0 Å². The van der Waals surface area contributed by atoms with Crippen LogP contribution in [0.1, 0.15) is 20.8 Å². The highest BCUT2D eigenvalue weighted by molar-refractivity contribution is 6.14. The van der Waals surface area contributed by atoms with Gasteiger partial charge in [-0.25, -0.2) is 9.59 Å². The van der Waals surface area contributed by atoms with Crippen LogP contribution in [-0.2, 0) is 9.47 Å². The van der Waals surface area contributed by atoms with Gasteiger partial charge in [0.25, 0.3) is 0 Å². The van der Waals surface area contributed by atoms with Crippen molar-refractivity contribution in [2.75, 3.05) is 19.8 Å². The summed E-state index contributed by atoms with van der Waals surface area (Å²) in [5, 5.41) is 2.20. The van der Waals surface area contributed by atoms with Crippen molar-refractivity contribution in [3.63, 3.8) is 0 Å². The van der Waals surface area contributed by atoms with Gasteiger partial charge >= 0.3 is 12.3 Å². The monoisotopic (exact) mass is 398 g/mol. The minimum Gasteiger partial charge on any atom is -0.493 e. The van der Waals surface area contributed by atoms with Crippen LogP contribution in [0.4, 0.5) is 9.59 Å². The van der Waals surface area contributed by atoms with Gasteiger partial charge in [0.15, 0.2) is 11.5 Å². The zero-order valence-electron chi connectivity index (χ0n) is 16.5. The topological polar surface area (TPSA) is 80.3 Å². The van der Waals surface area contributed by atoms with Crippen molar-refractivity contribution in [2.24, 2.45) is 0 Å². The van der Waals surface area contributed by atoms with E-state index in [1.165, 1.54) is 0 Å². The molecule has 0 atom stereocenters. The quantitative estimate of drug-likeness (QED) is 0.310. The first kappa shape index (κ1) is 20.3. The van der Waals surface area contributed by atoms with Crippen molar-refractivity contribution in [3.05, 3.63) is 42.5 Å². The van der Waals surface area contributed by atoms with Gasteiger partial charge < -0.3 is 23.7 Å². The minimum absolute atomic E-state index is 0.178. The van der Waals surface area contributed by atoms with E-state index in [4.69, 9.17) is 23.7 Å². The SMILES string of the molecule is CCOC(=O)Oc1c2ccccc2c(OC(=O)OCC)c2c(OCC)cccc12. The second kappa shape index (κ2) is 9.14. The summed E-state index contributed by atoms with van der Waals surface area (Å²) in [5.41, 5.74) is 0. The number of ether oxygens (including phenoxy) is 5. The van der Waals surface area contributed by atoms with E-state index in [1.807, 2.05) is 6.92 Å². The van der Waals surface area contributed by atoms with Crippen molar-refractivity contribution < 1.29 is 33.3 Å². The summed E-state index contributed by atoms with van der Waals surface area (Å²) < 4.78 is 26.8. The lowest BCUT2D eigenvalue weighted by atomic mass is 10.00. The van der Waals surface area contributed by atoms with Crippen LogP contribution in [0.5, 0.6) is 17.2 Å². The summed E-state index contributed by atoms with van der Waals surface area (Å²) in [5.74, 6) is 1.06. The number of benzene rings is 3. The molecule has 0 bridgehead atoms. The first-order valence-electron chi connectivity index (χ1n) is 9.40. The Labute approximate surface area is 168 Å². The molecule has 0 spiro atoms. The Kier molecular flexibility index (Phi) is 6.39. The molecule has 0 aromatic heterocycles. The average molecular weight is 398 g/mol. The molecule has 0 aliphatic carbocycles. The first-order chi connectivity index (χ1) is 14.1. The molecular formula is C22H22O7. The van der Waals surface area contributed by atoms with Gasteiger partial charge in [0.1, 0.15) is 5.75 Å². The van der Waals surface area contributed by atoms with E-state index in [9.17, 15) is 9.59 Å². The minimum atomic E-state index is -0.829. The van der Waals surface area contributed by atoms with Crippen LogP contribution in [0.15, 0.2) is 42.5 Å². The van der Waals surface area contributed by atoms with Crippen LogP contribution in [-0.4, -0.2) is 32.1 Å². The Bertz CT molecular complexity index is 1040. The molecule has 0 unspecified atom stereocenters. The molecule has 7 heteroatoms. The zero-order valence-corrected chi connectivity index (χ0v) is 16.5. The number of hydrogen-bond acceptors (Lipinski definition) is 7. The largest absolute Gasteiger partial charge is 0.513 e. The highest BCUT2D eigenvalue weighted by Gasteiger charge is 2.23. The third-order valence-corrected chi connectivity index (χ3v) is 4.11. The van der Waals surface area contributed by atoms with Crippen molar-refractivity contribution in [2.45, 2.75) is 20.8 Å². The molecule has 7 nitrogen and oxygen atoms in total. The maximum Gasteiger partial charge on any atom is 0.513 e. The summed E-state index contributed by atoms with van der Waals surface area (Å²) in [4.78, 5) is 24.2. The van der Waals surface area contributed by atoms with E-state index in [0.717, 1.165) is 0 Å². The summed E-state index contributed by atoms with van der Waals surface area (Å²) in [7, 11) is 0. The molecule has 0 amide bonds. The summed E-state index contributed by atoms with van der Waals surface area (Å²) in [6, 6.07) is 12.4. The fourth-order valence-electron chi connectivity index (χ4n) is 3.07. The average Bonchev–Trinajstić information content (AvgIpc) is 2.71. The third-order valence-electron chi connectivity index (χ3n) is 4.11. The molecule has 29 heavy (non-hydrogen) atoms. The van der Waals surface area contributed by atoms with E-state index in [-0.39, 0.29) is 19.0 Å². The Morgan fingerprint density at radius 1 is 0.690 bits per heavy atom. The molecule has 0 aliphatic heterocycles. The van der Waals surface area contributed by atoms with Gasteiger partial charge in [0.2, 0.25) is 0 Å². The second-order valence-electron chi connectivity index (χ2n) is 5.89. The van der Waals surface area contributed by atoms with E-state index in [1.54, 1.807) is 56.3 Å². The number of carbonyl (C=O) groups is 2. The van der Waals surface area contributed by atoms with Crippen molar-refractivity contribution in [3.8, 4) is 17.2 Å². The summed E-state index contributed by atoms with van der Waals surface area (Å²) in [6.07, 6.45) is -1.65. The normalized spacial score (nSPS) is 10.6. The molecule has 3 aromatic rings. The molecular weight excluding hydrogens is 376 g/mol. The van der Waals surface area contributed by atoms with Gasteiger partial charge in [-0.1, -0.05) is 36.4 Å². The fraction of sp³-hybridized carbons (Fsp3) is 0.273. The van der Waals surface area contributed by atoms with Crippen LogP contribution in [0.3, 0.4) is 0 Å². The molecule has 0 saturated heterocycles. The molecule has 0 fully saturated rings. The summed E-state index contributed by atoms with van der Waals surface area (Å²) in [6.45, 7) is 6.00. The molecule has 0 heterocycles. The van der Waals surface area contributed by atoms with Gasteiger partial charge in [-0.15, -0.1) is 0 Å². The molecule has 0 radical (unpaired) electrons. The zero-order chi connectivity index (χ0) is 20.8. The smallest absolute Gasteiger partial charge is 0.493 e. The molecule has 0 aliphatic rings. The maximum absolute atomic E-state index is 12.1. The van der Waals surface area contributed by atoms with Crippen LogP contribution >= 0.6 is 0 Å². The van der Waals surface area contributed by atoms with E-state index in [2.05, 4.69) is 0 Å². The Hall–Kier alpha value is -3.48. The summed E-state index contributed by atoms with van der Waals surface area (Å²) >= 11 is 0. The standard InChI is InChI=1S/C22H22O7/c1-4-25-17-13-9-12-16-18(17)20(29-22(24)27-6-3)15-11-8-7-10-14(15)19(16)28-21(23)26-5-2/h7-13H,4-6H2,1-3H3. The fourth-order valence-corrected chi connectivity index (χ4v) is 3.07. The van der Waals surface area contributed by atoms with Crippen LogP contribution in [0.2, 0.25) is 0 Å². The molecule has 3 rings (SSSR count). The lowest BCUT2D eigenvalue weighted by Crippen LogP contribution is -2.13. The highest BCUT2D eigenvalue weighted by atomic mass is 16.7. The number of rotatable bonds is 6. The highest BCUT2D eigenvalue weighted by Crippen LogP contribution is 2.46. The molecule has 3 aromatic carbocycles. The predicted molar refractivity (Wildman–Crippen MR) is 108 cm³/mol. The van der Waals surface area contributed by atoms with Gasteiger partial charge in [0, 0.05) is 16.2 Å². The van der Waals surface area contributed by atoms with Gasteiger partial charge in [0.05, 0.1) is 25.2 Å². The Morgan fingerprint density at radius 2 is 1.24 bits per heavy atom. The number of carbonyl (C=O) groups excluding carboxylic acids is 2.